The standard InChI is InChI=1S/C24H21I2N3O/c25-17-13-16(24(30)22(26)14-17)15-27-29-11-9-28(10-12-29)23-20-7-3-1-5-18(20)19-6-2-4-8-21(19)23/h1-8,13-15,23,30H,9-12H2. The summed E-state index contributed by atoms with van der Waals surface area (Å²) < 4.78 is 1.81. The van der Waals surface area contributed by atoms with Gasteiger partial charge in [-0.3, -0.25) is 5.01 Å². The van der Waals surface area contributed by atoms with E-state index >= 15 is 0 Å². The van der Waals surface area contributed by atoms with Crippen molar-refractivity contribution in [2.24, 2.45) is 5.10 Å². The van der Waals surface area contributed by atoms with Crippen LogP contribution in [-0.2, 0) is 0 Å². The van der Waals surface area contributed by atoms with E-state index in [0.717, 1.165) is 33.3 Å². The Labute approximate surface area is 203 Å². The van der Waals surface area contributed by atoms with Crippen LogP contribution in [-0.4, -0.2) is 37.4 Å². The van der Waals surface area contributed by atoms with Crippen molar-refractivity contribution in [1.82, 2.24) is 5.01 Å². The fraction of sp³-hybridized carbons (Fsp3) is 0.208. The van der Waals surface area contributed by atoms with Gasteiger partial charge in [-0.15, -0.1) is 0 Å². The number of hydrogen-bond acceptors (Lipinski definition) is 3. The molecule has 0 saturated carbocycles. The molecule has 0 atom stereocenters. The Morgan fingerprint density at radius 3 is 2.17 bits per heavy atom. The number of nitrogens with zero attached hydrogens (tertiary/aromatic N) is 2. The van der Waals surface area contributed by atoms with Gasteiger partial charge in [-0.1, -0.05) is 54.3 Å². The van der Waals surface area contributed by atoms with E-state index in [2.05, 4.69) is 104 Å². The number of halogens is 2. The first-order chi connectivity index (χ1) is 14.6. The molecule has 1 aliphatic heterocycles. The smallest absolute Gasteiger partial charge is 0.140 e. The first kappa shape index (κ1) is 20.3. The summed E-state index contributed by atoms with van der Waals surface area (Å²) >= 11 is 4.34. The molecule has 1 saturated heterocycles. The number of hydrogen-bond donors (Lipinski definition) is 1. The second kappa shape index (κ2) is 8.47. The van der Waals surface area contributed by atoms with Gasteiger partial charge in [0, 0.05) is 18.3 Å². The van der Waals surface area contributed by atoms with Crippen LogP contribution in [0.1, 0.15) is 22.7 Å². The van der Waals surface area contributed by atoms with E-state index in [-0.39, 0.29) is 5.75 Å². The molecule has 0 unspecified atom stereocenters. The van der Waals surface area contributed by atoms with Gasteiger partial charge in [0.05, 0.1) is 32.4 Å². The maximum atomic E-state index is 12.3. The van der Waals surface area contributed by atoms with Gasteiger partial charge in [0.15, 0.2) is 0 Å². The van der Waals surface area contributed by atoms with Crippen molar-refractivity contribution < 1.29 is 10.0 Å². The average molecular weight is 621 g/mol. The van der Waals surface area contributed by atoms with Gasteiger partial charge in [-0.25, -0.2) is 0 Å². The molecule has 0 aromatic heterocycles. The summed E-state index contributed by atoms with van der Waals surface area (Å²) in [6, 6.07) is 21.8. The van der Waals surface area contributed by atoms with Crippen molar-refractivity contribution in [2.45, 2.75) is 6.04 Å². The molecule has 0 bridgehead atoms. The zero-order valence-electron chi connectivity index (χ0n) is 16.3. The fourth-order valence-corrected chi connectivity index (χ4v) is 6.49. The Hall–Kier alpha value is -1.65. The molecule has 2 aliphatic rings. The van der Waals surface area contributed by atoms with Gasteiger partial charge in [0.1, 0.15) is 6.04 Å². The SMILES string of the molecule is [O-]c1c(I)cc(I)cc1C=NN1CC[NH+](C2c3ccccc3-c3ccccc32)CC1. The second-order valence-corrected chi connectivity index (χ2v) is 10.2. The van der Waals surface area contributed by atoms with Crippen molar-refractivity contribution in [3.05, 3.63) is 84.5 Å². The third-order valence-corrected chi connectivity index (χ3v) is 7.45. The lowest BCUT2D eigenvalue weighted by Gasteiger charge is -2.34. The normalized spacial score (nSPS) is 16.8. The zero-order chi connectivity index (χ0) is 20.7. The molecule has 3 aromatic carbocycles. The summed E-state index contributed by atoms with van der Waals surface area (Å²) in [7, 11) is 0. The molecule has 1 heterocycles. The fourth-order valence-electron chi connectivity index (χ4n) is 4.60. The summed E-state index contributed by atoms with van der Waals surface area (Å²) in [5.41, 5.74) is 6.30. The lowest BCUT2D eigenvalue weighted by molar-refractivity contribution is -0.929. The Morgan fingerprint density at radius 2 is 1.53 bits per heavy atom. The summed E-state index contributed by atoms with van der Waals surface area (Å²) in [6.07, 6.45) is 1.73. The molecule has 5 rings (SSSR count). The van der Waals surface area contributed by atoms with Gasteiger partial charge >= 0.3 is 0 Å². The maximum absolute atomic E-state index is 12.3. The van der Waals surface area contributed by atoms with Crippen LogP contribution < -0.4 is 10.0 Å². The van der Waals surface area contributed by atoms with Crippen LogP contribution in [0.4, 0.5) is 0 Å². The number of piperazine rings is 1. The average Bonchev–Trinajstić information content (AvgIpc) is 3.10. The molecule has 3 aromatic rings. The van der Waals surface area contributed by atoms with E-state index in [1.807, 2.05) is 12.1 Å². The first-order valence-corrected chi connectivity index (χ1v) is 12.3. The summed E-state index contributed by atoms with van der Waals surface area (Å²) in [5.74, 6) is 0.0585. The molecular formula is C24H21I2N3O. The minimum atomic E-state index is 0.0585. The van der Waals surface area contributed by atoms with Crippen molar-refractivity contribution >= 4 is 51.4 Å². The van der Waals surface area contributed by atoms with Crippen LogP contribution in [0.25, 0.3) is 11.1 Å². The molecule has 152 valence electrons. The molecule has 0 amide bonds. The number of rotatable bonds is 3. The molecule has 1 N–H and O–H groups in total. The quantitative estimate of drug-likeness (QED) is 0.361. The van der Waals surface area contributed by atoms with E-state index < -0.39 is 0 Å². The summed E-state index contributed by atoms with van der Waals surface area (Å²) in [4.78, 5) is 1.59. The predicted molar refractivity (Wildman–Crippen MR) is 135 cm³/mol. The highest BCUT2D eigenvalue weighted by Crippen LogP contribution is 2.41. The number of benzene rings is 3. The number of fused-ring (bicyclic) bond motifs is 3. The lowest BCUT2D eigenvalue weighted by Crippen LogP contribution is -3.14. The Kier molecular flexibility index (Phi) is 5.72. The minimum Gasteiger partial charge on any atom is -0.871 e. The van der Waals surface area contributed by atoms with Gasteiger partial charge in [-0.2, -0.15) is 5.10 Å². The van der Waals surface area contributed by atoms with Crippen LogP contribution >= 0.6 is 45.2 Å². The summed E-state index contributed by atoms with van der Waals surface area (Å²) in [6.45, 7) is 3.83. The molecule has 4 nitrogen and oxygen atoms in total. The minimum absolute atomic E-state index is 0.0585. The van der Waals surface area contributed by atoms with Crippen molar-refractivity contribution in [1.29, 1.82) is 0 Å². The number of hydrazone groups is 1. The highest BCUT2D eigenvalue weighted by atomic mass is 127. The highest BCUT2D eigenvalue weighted by Gasteiger charge is 2.37. The lowest BCUT2D eigenvalue weighted by atomic mass is 10.0. The highest BCUT2D eigenvalue weighted by molar-refractivity contribution is 14.1. The number of quaternary nitrogens is 1. The van der Waals surface area contributed by atoms with Crippen molar-refractivity contribution in [3.8, 4) is 16.9 Å². The van der Waals surface area contributed by atoms with E-state index in [9.17, 15) is 5.11 Å². The third-order valence-electron chi connectivity index (χ3n) is 6.02. The third kappa shape index (κ3) is 3.73. The molecule has 1 aliphatic carbocycles. The van der Waals surface area contributed by atoms with Crippen LogP contribution in [0.5, 0.6) is 5.75 Å². The summed E-state index contributed by atoms with van der Waals surface area (Å²) in [5, 5.41) is 19.1. The van der Waals surface area contributed by atoms with E-state index in [4.69, 9.17) is 0 Å². The number of nitrogens with one attached hydrogen (secondary N) is 1. The van der Waals surface area contributed by atoms with Gasteiger partial charge in [0.2, 0.25) is 0 Å². The van der Waals surface area contributed by atoms with E-state index in [0.29, 0.717) is 11.6 Å². The molecular weight excluding hydrogens is 600 g/mol. The molecule has 0 radical (unpaired) electrons. The van der Waals surface area contributed by atoms with Gasteiger partial charge in [-0.05, 0) is 74.0 Å². The van der Waals surface area contributed by atoms with Gasteiger partial charge in [0.25, 0.3) is 0 Å². The second-order valence-electron chi connectivity index (χ2n) is 7.77. The maximum Gasteiger partial charge on any atom is 0.140 e. The van der Waals surface area contributed by atoms with Gasteiger partial charge < -0.3 is 10.0 Å². The monoisotopic (exact) mass is 621 g/mol. The zero-order valence-corrected chi connectivity index (χ0v) is 20.6. The Balaban J connectivity index is 1.32. The van der Waals surface area contributed by atoms with Crippen molar-refractivity contribution in [3.63, 3.8) is 0 Å². The largest absolute Gasteiger partial charge is 0.871 e. The van der Waals surface area contributed by atoms with Crippen molar-refractivity contribution in [2.75, 3.05) is 26.2 Å². The van der Waals surface area contributed by atoms with Crippen LogP contribution in [0, 0.1) is 7.14 Å². The Bertz CT molecular complexity index is 1080. The molecule has 0 spiro atoms. The Morgan fingerprint density at radius 1 is 0.933 bits per heavy atom. The van der Waals surface area contributed by atoms with E-state index in [1.165, 1.54) is 22.3 Å². The van der Waals surface area contributed by atoms with Crippen LogP contribution in [0.3, 0.4) is 0 Å². The first-order valence-electron chi connectivity index (χ1n) is 10.1. The molecule has 1 fully saturated rings. The van der Waals surface area contributed by atoms with Crippen LogP contribution in [0.15, 0.2) is 65.8 Å². The molecule has 30 heavy (non-hydrogen) atoms. The van der Waals surface area contributed by atoms with E-state index in [1.54, 1.807) is 11.1 Å². The molecule has 6 heteroatoms. The predicted octanol–water partition coefficient (Wildman–Crippen LogP) is 3.27. The van der Waals surface area contributed by atoms with Crippen LogP contribution in [0.2, 0.25) is 0 Å². The topological polar surface area (TPSA) is 43.1 Å².